The van der Waals surface area contributed by atoms with Crippen molar-refractivity contribution in [3.05, 3.63) is 52.5 Å². The molecule has 0 radical (unpaired) electrons. The molecule has 2 N–H and O–H groups in total. The van der Waals surface area contributed by atoms with Crippen LogP contribution in [0.15, 0.2) is 41.3 Å². The lowest BCUT2D eigenvalue weighted by Gasteiger charge is -2.12. The van der Waals surface area contributed by atoms with Crippen LogP contribution in [0.4, 0.5) is 11.4 Å². The average Bonchev–Trinajstić information content (AvgIpc) is 2.80. The van der Waals surface area contributed by atoms with Crippen molar-refractivity contribution in [2.75, 3.05) is 10.0 Å². The molecule has 0 unspecified atom stereocenters. The van der Waals surface area contributed by atoms with Crippen molar-refractivity contribution < 1.29 is 13.2 Å². The smallest absolute Gasteiger partial charge is 0.262 e. The number of carbonyl (C=O) groups excluding carboxylic acids is 1. The van der Waals surface area contributed by atoms with Crippen LogP contribution in [0, 0.1) is 6.92 Å². The van der Waals surface area contributed by atoms with E-state index < -0.39 is 10.0 Å². The Morgan fingerprint density at radius 1 is 1.23 bits per heavy atom. The van der Waals surface area contributed by atoms with Crippen molar-refractivity contribution >= 4 is 38.9 Å². The van der Waals surface area contributed by atoms with E-state index >= 15 is 0 Å². The number of hydrogen-bond acceptors (Lipinski definition) is 3. The Balaban J connectivity index is 1.94. The van der Waals surface area contributed by atoms with Gasteiger partial charge in [-0.05, 0) is 48.4 Å². The van der Waals surface area contributed by atoms with Gasteiger partial charge in [0.15, 0.2) is 0 Å². The Morgan fingerprint density at radius 2 is 2.00 bits per heavy atom. The minimum atomic E-state index is -3.74. The lowest BCUT2D eigenvalue weighted by atomic mass is 10.1. The second-order valence-electron chi connectivity index (χ2n) is 5.07. The molecule has 1 aliphatic rings. The highest BCUT2D eigenvalue weighted by Crippen LogP contribution is 2.29. The minimum Gasteiger partial charge on any atom is -0.326 e. The van der Waals surface area contributed by atoms with Gasteiger partial charge in [0.2, 0.25) is 5.91 Å². The van der Waals surface area contributed by atoms with E-state index in [1.54, 1.807) is 37.3 Å². The predicted molar refractivity (Wildman–Crippen MR) is 85.8 cm³/mol. The number of amides is 1. The van der Waals surface area contributed by atoms with E-state index in [1.807, 2.05) is 0 Å². The van der Waals surface area contributed by atoms with E-state index in [-0.39, 0.29) is 17.2 Å². The molecule has 114 valence electrons. The van der Waals surface area contributed by atoms with E-state index in [2.05, 4.69) is 10.0 Å². The van der Waals surface area contributed by atoms with Gasteiger partial charge >= 0.3 is 0 Å². The number of hydrogen-bond donors (Lipinski definition) is 2. The molecule has 0 saturated carbocycles. The van der Waals surface area contributed by atoms with E-state index in [0.717, 1.165) is 5.56 Å². The van der Waals surface area contributed by atoms with Crippen molar-refractivity contribution in [2.45, 2.75) is 18.2 Å². The van der Waals surface area contributed by atoms with Gasteiger partial charge in [0.05, 0.1) is 11.3 Å². The monoisotopic (exact) mass is 336 g/mol. The van der Waals surface area contributed by atoms with Crippen LogP contribution in [0.2, 0.25) is 5.02 Å². The summed E-state index contributed by atoms with van der Waals surface area (Å²) >= 11 is 5.98. The summed E-state index contributed by atoms with van der Waals surface area (Å²) in [5, 5.41) is 3.10. The van der Waals surface area contributed by atoms with Gasteiger partial charge in [0.1, 0.15) is 0 Å². The highest BCUT2D eigenvalue weighted by Gasteiger charge is 2.21. The minimum absolute atomic E-state index is 0.0966. The van der Waals surface area contributed by atoms with Gasteiger partial charge in [-0.25, -0.2) is 8.42 Å². The number of fused-ring (bicyclic) bond motifs is 1. The van der Waals surface area contributed by atoms with E-state index in [1.165, 1.54) is 6.07 Å². The number of nitrogens with one attached hydrogen (secondary N) is 2. The predicted octanol–water partition coefficient (Wildman–Crippen LogP) is 2.94. The fourth-order valence-corrected chi connectivity index (χ4v) is 3.93. The molecule has 7 heteroatoms. The third kappa shape index (κ3) is 2.67. The Labute approximate surface area is 133 Å². The maximum atomic E-state index is 12.5. The number of carbonyl (C=O) groups is 1. The second-order valence-corrected chi connectivity index (χ2v) is 7.12. The normalized spacial score (nSPS) is 13.6. The van der Waals surface area contributed by atoms with Crippen LogP contribution in [0.1, 0.15) is 11.1 Å². The quantitative estimate of drug-likeness (QED) is 0.904. The summed E-state index contributed by atoms with van der Waals surface area (Å²) in [7, 11) is -3.74. The van der Waals surface area contributed by atoms with Gasteiger partial charge in [0.25, 0.3) is 10.0 Å². The first kappa shape index (κ1) is 14.9. The van der Waals surface area contributed by atoms with Gasteiger partial charge in [-0.1, -0.05) is 17.7 Å². The number of anilines is 2. The van der Waals surface area contributed by atoms with Crippen LogP contribution in [0.25, 0.3) is 0 Å². The molecule has 5 nitrogen and oxygen atoms in total. The largest absolute Gasteiger partial charge is 0.326 e. The molecule has 0 spiro atoms. The first-order valence-corrected chi connectivity index (χ1v) is 8.43. The molecule has 1 heterocycles. The first-order chi connectivity index (χ1) is 10.4. The van der Waals surface area contributed by atoms with E-state index in [4.69, 9.17) is 11.6 Å². The molecule has 3 rings (SSSR count). The maximum absolute atomic E-state index is 12.5. The van der Waals surface area contributed by atoms with Crippen LogP contribution in [-0.2, 0) is 21.2 Å². The first-order valence-electron chi connectivity index (χ1n) is 6.57. The molecule has 0 fully saturated rings. The molecule has 2 aromatic rings. The number of benzene rings is 2. The van der Waals surface area contributed by atoms with Gasteiger partial charge < -0.3 is 5.32 Å². The lowest BCUT2D eigenvalue weighted by Crippen LogP contribution is -2.14. The summed E-state index contributed by atoms with van der Waals surface area (Å²) in [6.07, 6.45) is 0.251. The topological polar surface area (TPSA) is 75.3 Å². The Hall–Kier alpha value is -2.05. The molecule has 0 aliphatic carbocycles. The maximum Gasteiger partial charge on any atom is 0.262 e. The Kier molecular flexibility index (Phi) is 3.58. The van der Waals surface area contributed by atoms with Crippen molar-refractivity contribution in [1.82, 2.24) is 0 Å². The van der Waals surface area contributed by atoms with Gasteiger partial charge in [0, 0.05) is 16.4 Å². The zero-order chi connectivity index (χ0) is 15.9. The highest BCUT2D eigenvalue weighted by molar-refractivity contribution is 7.92. The van der Waals surface area contributed by atoms with Crippen LogP contribution in [0.5, 0.6) is 0 Å². The Morgan fingerprint density at radius 3 is 2.77 bits per heavy atom. The van der Waals surface area contributed by atoms with Crippen LogP contribution in [0.3, 0.4) is 0 Å². The van der Waals surface area contributed by atoms with Gasteiger partial charge in [-0.3, -0.25) is 9.52 Å². The zero-order valence-electron chi connectivity index (χ0n) is 11.7. The summed E-state index contributed by atoms with van der Waals surface area (Å²) in [5.74, 6) is -0.0966. The molecular formula is C15H13ClN2O3S. The standard InChI is InChI=1S/C15H13ClN2O3S/c1-9-12(16)3-2-4-14(9)22(20,21)18-11-5-6-13-10(7-11)8-15(19)17-13/h2-7,18H,8H2,1H3,(H,17,19). The SMILES string of the molecule is Cc1c(Cl)cccc1S(=O)(=O)Nc1ccc2c(c1)CC(=O)N2. The molecule has 2 aromatic carbocycles. The summed E-state index contributed by atoms with van der Waals surface area (Å²) < 4.78 is 27.5. The van der Waals surface area contributed by atoms with E-state index in [0.29, 0.717) is 22.0 Å². The van der Waals surface area contributed by atoms with Crippen LogP contribution in [-0.4, -0.2) is 14.3 Å². The molecule has 0 saturated heterocycles. The van der Waals surface area contributed by atoms with Gasteiger partial charge in [-0.15, -0.1) is 0 Å². The van der Waals surface area contributed by atoms with Crippen molar-refractivity contribution in [3.8, 4) is 0 Å². The molecule has 1 aliphatic heterocycles. The fourth-order valence-electron chi connectivity index (χ4n) is 2.38. The fraction of sp³-hybridized carbons (Fsp3) is 0.133. The van der Waals surface area contributed by atoms with Crippen LogP contribution >= 0.6 is 11.6 Å². The molecule has 0 aromatic heterocycles. The number of rotatable bonds is 3. The summed E-state index contributed by atoms with van der Waals surface area (Å²) in [4.78, 5) is 11.5. The summed E-state index contributed by atoms with van der Waals surface area (Å²) in [5.41, 5.74) is 2.39. The van der Waals surface area contributed by atoms with Crippen molar-refractivity contribution in [3.63, 3.8) is 0 Å². The van der Waals surface area contributed by atoms with Crippen molar-refractivity contribution in [1.29, 1.82) is 0 Å². The highest BCUT2D eigenvalue weighted by atomic mass is 35.5. The third-order valence-corrected chi connectivity index (χ3v) is 5.43. The van der Waals surface area contributed by atoms with Gasteiger partial charge in [-0.2, -0.15) is 0 Å². The zero-order valence-corrected chi connectivity index (χ0v) is 13.3. The lowest BCUT2D eigenvalue weighted by molar-refractivity contribution is -0.115. The molecule has 22 heavy (non-hydrogen) atoms. The number of halogens is 1. The summed E-state index contributed by atoms with van der Waals surface area (Å²) in [6.45, 7) is 1.65. The molecular weight excluding hydrogens is 324 g/mol. The third-order valence-electron chi connectivity index (χ3n) is 3.49. The molecule has 0 bridgehead atoms. The Bertz CT molecular complexity index is 878. The molecule has 1 amide bonds. The molecule has 0 atom stereocenters. The van der Waals surface area contributed by atoms with Crippen molar-refractivity contribution in [2.24, 2.45) is 0 Å². The second kappa shape index (κ2) is 5.30. The van der Waals surface area contributed by atoms with Crippen LogP contribution < -0.4 is 10.0 Å². The van der Waals surface area contributed by atoms with E-state index in [9.17, 15) is 13.2 Å². The number of sulfonamides is 1. The summed E-state index contributed by atoms with van der Waals surface area (Å²) in [6, 6.07) is 9.69. The average molecular weight is 337 g/mol.